The molecule has 0 amide bonds. The average molecular weight is 215 g/mol. The molecule has 1 aromatic carbocycles. The zero-order chi connectivity index (χ0) is 11.4. The second-order valence-corrected chi connectivity index (χ2v) is 3.92. The lowest BCUT2D eigenvalue weighted by Gasteiger charge is -2.04. The molecule has 3 heteroatoms. The predicted molar refractivity (Wildman–Crippen MR) is 61.0 cm³/mol. The van der Waals surface area contributed by atoms with Crippen molar-refractivity contribution in [3.05, 3.63) is 54.6 Å². The molecular weight excluding hydrogens is 200 g/mol. The molecule has 82 valence electrons. The van der Waals surface area contributed by atoms with Crippen molar-refractivity contribution in [1.82, 2.24) is 4.98 Å². The van der Waals surface area contributed by atoms with Crippen molar-refractivity contribution >= 4 is 0 Å². The summed E-state index contributed by atoms with van der Waals surface area (Å²) in [6, 6.07) is 8.12. The van der Waals surface area contributed by atoms with Crippen LogP contribution in [0, 0.1) is 0 Å². The molecule has 0 radical (unpaired) electrons. The number of nitrogens with zero attached hydrogens (tertiary/aromatic N) is 2. The van der Waals surface area contributed by atoms with Crippen molar-refractivity contribution in [2.45, 2.75) is 19.8 Å². The zero-order valence-corrected chi connectivity index (χ0v) is 9.50. The van der Waals surface area contributed by atoms with Gasteiger partial charge in [0, 0.05) is 4.73 Å². The van der Waals surface area contributed by atoms with E-state index in [-0.39, 0.29) is 0 Å². The van der Waals surface area contributed by atoms with Crippen molar-refractivity contribution in [3.8, 4) is 5.75 Å². The second-order valence-electron chi connectivity index (χ2n) is 3.92. The Labute approximate surface area is 95.3 Å². The lowest BCUT2D eigenvalue weighted by molar-refractivity contribution is -0.875. The first kappa shape index (κ1) is 10.6. The molecule has 0 bridgehead atoms. The topological polar surface area (TPSA) is 26.0 Å². The highest BCUT2D eigenvalue weighted by molar-refractivity contribution is 5.28. The smallest absolute Gasteiger partial charge is 0.241 e. The fourth-order valence-corrected chi connectivity index (χ4v) is 1.40. The summed E-state index contributed by atoms with van der Waals surface area (Å²) < 4.78 is 1.62. The Hall–Kier alpha value is -1.90. The Kier molecular flexibility index (Phi) is 3.15. The number of hydrogen-bond donors (Lipinski definition) is 0. The van der Waals surface area contributed by atoms with E-state index in [2.05, 4.69) is 31.0 Å². The molecule has 0 spiro atoms. The van der Waals surface area contributed by atoms with E-state index in [0.717, 1.165) is 5.75 Å². The molecular formula is C13H15N2O+. The molecule has 0 saturated heterocycles. The number of rotatable bonds is 3. The van der Waals surface area contributed by atoms with Crippen molar-refractivity contribution in [2.75, 3.05) is 0 Å². The van der Waals surface area contributed by atoms with Crippen molar-refractivity contribution < 1.29 is 9.57 Å². The minimum Gasteiger partial charge on any atom is -0.252 e. The number of hydrogen-bond acceptors (Lipinski definition) is 2. The van der Waals surface area contributed by atoms with E-state index >= 15 is 0 Å². The minimum absolute atomic E-state index is 0.544. The van der Waals surface area contributed by atoms with Crippen LogP contribution in [0.1, 0.15) is 25.3 Å². The van der Waals surface area contributed by atoms with Gasteiger partial charge in [-0.2, -0.15) is 0 Å². The van der Waals surface area contributed by atoms with Crippen LogP contribution < -0.4 is 9.57 Å². The zero-order valence-electron chi connectivity index (χ0n) is 9.50. The van der Waals surface area contributed by atoms with Crippen LogP contribution in [0.3, 0.4) is 0 Å². The summed E-state index contributed by atoms with van der Waals surface area (Å²) in [6.07, 6.45) is 6.89. The quantitative estimate of drug-likeness (QED) is 0.734. The Bertz CT molecular complexity index is 437. The summed E-state index contributed by atoms with van der Waals surface area (Å²) in [4.78, 5) is 9.51. The van der Waals surface area contributed by atoms with E-state index in [1.807, 2.05) is 12.1 Å². The first-order chi connectivity index (χ1) is 7.75. The monoisotopic (exact) mass is 215 g/mol. The SMILES string of the molecule is CC(C)c1ccc(O[n+]2ccncc2)cc1. The van der Waals surface area contributed by atoms with Gasteiger partial charge in [-0.25, -0.2) is 4.84 Å². The molecule has 2 rings (SSSR count). The summed E-state index contributed by atoms with van der Waals surface area (Å²) >= 11 is 0. The Morgan fingerprint density at radius 2 is 1.69 bits per heavy atom. The highest BCUT2D eigenvalue weighted by atomic mass is 16.7. The van der Waals surface area contributed by atoms with Crippen LogP contribution in [0.25, 0.3) is 0 Å². The van der Waals surface area contributed by atoms with Gasteiger partial charge in [-0.3, -0.25) is 4.98 Å². The molecule has 0 saturated carbocycles. The van der Waals surface area contributed by atoms with Crippen LogP contribution >= 0.6 is 0 Å². The molecule has 0 N–H and O–H groups in total. The average Bonchev–Trinajstić information content (AvgIpc) is 2.31. The molecule has 16 heavy (non-hydrogen) atoms. The van der Waals surface area contributed by atoms with E-state index in [4.69, 9.17) is 4.84 Å². The van der Waals surface area contributed by atoms with Crippen LogP contribution in [-0.2, 0) is 0 Å². The first-order valence-corrected chi connectivity index (χ1v) is 5.35. The molecule has 0 aliphatic rings. The highest BCUT2D eigenvalue weighted by Gasteiger charge is 2.04. The van der Waals surface area contributed by atoms with Crippen LogP contribution in [0.15, 0.2) is 49.1 Å². The van der Waals surface area contributed by atoms with Gasteiger partial charge in [0.15, 0.2) is 0 Å². The third kappa shape index (κ3) is 2.57. The standard InChI is InChI=1S/C13H15N2O/c1-11(2)12-3-5-13(6-4-12)16-15-9-7-14-8-10-15/h3-11H,1-2H3/q+1. The maximum Gasteiger partial charge on any atom is 0.241 e. The van der Waals surface area contributed by atoms with E-state index in [1.54, 1.807) is 29.5 Å². The van der Waals surface area contributed by atoms with Gasteiger partial charge >= 0.3 is 0 Å². The predicted octanol–water partition coefficient (Wildman–Crippen LogP) is 2.33. The van der Waals surface area contributed by atoms with Gasteiger partial charge in [-0.05, 0) is 23.6 Å². The normalized spacial score (nSPS) is 10.4. The summed E-state index contributed by atoms with van der Waals surface area (Å²) in [5, 5.41) is 0. The summed E-state index contributed by atoms with van der Waals surface area (Å²) in [7, 11) is 0. The van der Waals surface area contributed by atoms with Crippen LogP contribution in [0.2, 0.25) is 0 Å². The van der Waals surface area contributed by atoms with Crippen molar-refractivity contribution in [3.63, 3.8) is 0 Å². The third-order valence-corrected chi connectivity index (χ3v) is 2.36. The lowest BCUT2D eigenvalue weighted by atomic mass is 10.0. The number of benzene rings is 1. The van der Waals surface area contributed by atoms with Gasteiger partial charge in [0.05, 0.1) is 12.4 Å². The van der Waals surface area contributed by atoms with Gasteiger partial charge in [-0.1, -0.05) is 26.0 Å². The van der Waals surface area contributed by atoms with Crippen molar-refractivity contribution in [1.29, 1.82) is 0 Å². The van der Waals surface area contributed by atoms with E-state index in [1.165, 1.54) is 5.56 Å². The molecule has 0 aliphatic heterocycles. The van der Waals surface area contributed by atoms with E-state index < -0.39 is 0 Å². The fraction of sp³-hybridized carbons (Fsp3) is 0.231. The highest BCUT2D eigenvalue weighted by Crippen LogP contribution is 2.17. The number of aromatic nitrogens is 2. The molecule has 0 aliphatic carbocycles. The van der Waals surface area contributed by atoms with E-state index in [0.29, 0.717) is 5.92 Å². The lowest BCUT2D eigenvalue weighted by Crippen LogP contribution is -2.38. The maximum absolute atomic E-state index is 5.59. The molecule has 0 atom stereocenters. The molecule has 1 aromatic heterocycles. The van der Waals surface area contributed by atoms with Gasteiger partial charge in [0.2, 0.25) is 18.1 Å². The Balaban J connectivity index is 2.11. The van der Waals surface area contributed by atoms with E-state index in [9.17, 15) is 0 Å². The summed E-state index contributed by atoms with van der Waals surface area (Å²) in [6.45, 7) is 4.35. The Morgan fingerprint density at radius 1 is 1.06 bits per heavy atom. The minimum atomic E-state index is 0.544. The van der Waals surface area contributed by atoms with Gasteiger partial charge < -0.3 is 0 Å². The van der Waals surface area contributed by atoms with Crippen LogP contribution in [0.5, 0.6) is 5.75 Å². The second kappa shape index (κ2) is 4.75. The third-order valence-electron chi connectivity index (χ3n) is 2.36. The fourth-order valence-electron chi connectivity index (χ4n) is 1.40. The molecule has 1 heterocycles. The van der Waals surface area contributed by atoms with Gasteiger partial charge in [-0.15, -0.1) is 0 Å². The van der Waals surface area contributed by atoms with Gasteiger partial charge in [0.1, 0.15) is 0 Å². The molecule has 2 aromatic rings. The van der Waals surface area contributed by atoms with Crippen LogP contribution in [-0.4, -0.2) is 4.98 Å². The first-order valence-electron chi connectivity index (χ1n) is 5.35. The summed E-state index contributed by atoms with van der Waals surface area (Å²) in [5.41, 5.74) is 1.31. The van der Waals surface area contributed by atoms with Crippen LogP contribution in [0.4, 0.5) is 0 Å². The molecule has 3 nitrogen and oxygen atoms in total. The molecule has 0 fully saturated rings. The molecule has 0 unspecified atom stereocenters. The summed E-state index contributed by atoms with van der Waals surface area (Å²) in [5.74, 6) is 1.36. The Morgan fingerprint density at radius 3 is 2.25 bits per heavy atom. The van der Waals surface area contributed by atoms with Crippen molar-refractivity contribution in [2.24, 2.45) is 0 Å². The van der Waals surface area contributed by atoms with Gasteiger partial charge in [0.25, 0.3) is 0 Å². The largest absolute Gasteiger partial charge is 0.252 e. The maximum atomic E-state index is 5.59.